The van der Waals surface area contributed by atoms with Crippen molar-refractivity contribution in [1.29, 1.82) is 0 Å². The lowest BCUT2D eigenvalue weighted by Crippen LogP contribution is -2.23. The van der Waals surface area contributed by atoms with Crippen LogP contribution in [0, 0.1) is 6.92 Å². The van der Waals surface area contributed by atoms with Crippen LogP contribution in [0.15, 0.2) is 10.5 Å². The van der Waals surface area contributed by atoms with Crippen molar-refractivity contribution < 1.29 is 17.6 Å². The third-order valence-corrected chi connectivity index (χ3v) is 2.99. The first-order valence-electron chi connectivity index (χ1n) is 6.86. The Morgan fingerprint density at radius 2 is 2.05 bits per heavy atom. The fourth-order valence-corrected chi connectivity index (χ4v) is 1.89. The van der Waals surface area contributed by atoms with Crippen molar-refractivity contribution in [3.63, 3.8) is 0 Å². The topological polar surface area (TPSA) is 28.4 Å². The molecule has 0 amide bonds. The minimum Gasteiger partial charge on any atom is -0.463 e. The van der Waals surface area contributed by atoms with Crippen LogP contribution in [0.4, 0.5) is 13.2 Å². The van der Waals surface area contributed by atoms with Crippen molar-refractivity contribution >= 4 is 0 Å². The van der Waals surface area contributed by atoms with E-state index in [1.165, 1.54) is 0 Å². The summed E-state index contributed by atoms with van der Waals surface area (Å²) in [6.45, 7) is 5.99. The van der Waals surface area contributed by atoms with E-state index < -0.39 is 12.6 Å². The number of rotatable bonds is 8. The van der Waals surface area contributed by atoms with Gasteiger partial charge in [0.05, 0.1) is 19.5 Å². The zero-order valence-corrected chi connectivity index (χ0v) is 12.3. The Labute approximate surface area is 118 Å². The molecule has 0 spiro atoms. The summed E-state index contributed by atoms with van der Waals surface area (Å²) in [5.41, 5.74) is 1.04. The van der Waals surface area contributed by atoms with Gasteiger partial charge in [0.15, 0.2) is 0 Å². The van der Waals surface area contributed by atoms with Crippen LogP contribution in [0.25, 0.3) is 0 Å². The first-order valence-corrected chi connectivity index (χ1v) is 6.86. The molecule has 0 radical (unpaired) electrons. The number of nitrogens with zero attached hydrogens (tertiary/aromatic N) is 1. The van der Waals surface area contributed by atoms with E-state index in [-0.39, 0.29) is 6.54 Å². The average Bonchev–Trinajstić information content (AvgIpc) is 2.67. The summed E-state index contributed by atoms with van der Waals surface area (Å²) in [7, 11) is 1.67. The molecule has 0 fully saturated rings. The molecular formula is C14H23F3N2O. The Morgan fingerprint density at radius 1 is 1.35 bits per heavy atom. The largest absolute Gasteiger partial charge is 0.463 e. The molecule has 0 aliphatic rings. The molecule has 0 saturated heterocycles. The molecule has 6 heteroatoms. The Balaban J connectivity index is 2.45. The zero-order chi connectivity index (χ0) is 15.2. The van der Waals surface area contributed by atoms with Crippen LogP contribution < -0.4 is 5.32 Å². The van der Waals surface area contributed by atoms with Gasteiger partial charge in [-0.05, 0) is 38.6 Å². The van der Waals surface area contributed by atoms with E-state index in [2.05, 4.69) is 12.2 Å². The second kappa shape index (κ2) is 7.69. The molecule has 1 rings (SSSR count). The molecule has 0 aliphatic carbocycles. The third-order valence-electron chi connectivity index (χ3n) is 2.99. The van der Waals surface area contributed by atoms with Gasteiger partial charge in [-0.25, -0.2) is 0 Å². The number of aryl methyl sites for hydroxylation is 1. The van der Waals surface area contributed by atoms with Gasteiger partial charge in [-0.1, -0.05) is 6.92 Å². The highest BCUT2D eigenvalue weighted by atomic mass is 19.4. The molecule has 20 heavy (non-hydrogen) atoms. The maximum Gasteiger partial charge on any atom is 0.390 e. The van der Waals surface area contributed by atoms with Crippen LogP contribution in [0.2, 0.25) is 0 Å². The molecule has 0 aromatic carbocycles. The summed E-state index contributed by atoms with van der Waals surface area (Å²) >= 11 is 0. The molecule has 0 bridgehead atoms. The molecule has 0 unspecified atom stereocenters. The van der Waals surface area contributed by atoms with E-state index in [0.29, 0.717) is 18.8 Å². The lowest BCUT2D eigenvalue weighted by Gasteiger charge is -2.16. The van der Waals surface area contributed by atoms with Gasteiger partial charge in [-0.15, -0.1) is 0 Å². The van der Waals surface area contributed by atoms with Crippen LogP contribution in [-0.4, -0.2) is 31.2 Å². The minimum atomic E-state index is -4.11. The highest BCUT2D eigenvalue weighted by Crippen LogP contribution is 2.21. The van der Waals surface area contributed by atoms with Crippen LogP contribution in [0.3, 0.4) is 0 Å². The summed E-state index contributed by atoms with van der Waals surface area (Å²) in [5.74, 6) is 1.57. The van der Waals surface area contributed by atoms with Gasteiger partial charge in [0.1, 0.15) is 11.5 Å². The van der Waals surface area contributed by atoms with E-state index >= 15 is 0 Å². The van der Waals surface area contributed by atoms with E-state index in [0.717, 1.165) is 24.3 Å². The molecule has 1 heterocycles. The highest BCUT2D eigenvalue weighted by molar-refractivity contribution is 5.20. The number of furan rings is 1. The molecule has 1 N–H and O–H groups in total. The van der Waals surface area contributed by atoms with Crippen LogP contribution >= 0.6 is 0 Å². The van der Waals surface area contributed by atoms with Gasteiger partial charge in [0.2, 0.25) is 0 Å². The maximum absolute atomic E-state index is 12.1. The normalized spacial score (nSPS) is 12.3. The first kappa shape index (κ1) is 17.0. The van der Waals surface area contributed by atoms with Crippen molar-refractivity contribution in [3.8, 4) is 0 Å². The second-order valence-electron chi connectivity index (χ2n) is 5.10. The van der Waals surface area contributed by atoms with Gasteiger partial charge < -0.3 is 9.73 Å². The quantitative estimate of drug-likeness (QED) is 0.744. The standard InChI is InChI=1S/C14H23F3N2O/c1-4-6-18-9-13-11(2)8-12(20-13)10-19(3)7-5-14(15,16)17/h8,18H,4-7,9-10H2,1-3H3. The van der Waals surface area contributed by atoms with Crippen molar-refractivity contribution in [1.82, 2.24) is 10.2 Å². The van der Waals surface area contributed by atoms with Gasteiger partial charge >= 0.3 is 6.18 Å². The van der Waals surface area contributed by atoms with Gasteiger partial charge in [-0.2, -0.15) is 13.2 Å². The number of hydrogen-bond donors (Lipinski definition) is 1. The highest BCUT2D eigenvalue weighted by Gasteiger charge is 2.27. The molecule has 116 valence electrons. The average molecular weight is 292 g/mol. The molecule has 1 aromatic rings. The number of nitrogens with one attached hydrogen (secondary N) is 1. The predicted octanol–water partition coefficient (Wildman–Crippen LogP) is 3.47. The SMILES string of the molecule is CCCNCc1oc(CN(C)CCC(F)(F)F)cc1C. The lowest BCUT2D eigenvalue weighted by molar-refractivity contribution is -0.137. The van der Waals surface area contributed by atoms with Crippen LogP contribution in [0.5, 0.6) is 0 Å². The maximum atomic E-state index is 12.1. The van der Waals surface area contributed by atoms with E-state index in [1.54, 1.807) is 11.9 Å². The molecule has 0 atom stereocenters. The fourth-order valence-electron chi connectivity index (χ4n) is 1.89. The lowest BCUT2D eigenvalue weighted by atomic mass is 10.2. The smallest absolute Gasteiger partial charge is 0.390 e. The second-order valence-corrected chi connectivity index (χ2v) is 5.10. The van der Waals surface area contributed by atoms with Crippen molar-refractivity contribution in [2.24, 2.45) is 0 Å². The first-order chi connectivity index (χ1) is 9.31. The molecule has 0 saturated carbocycles. The van der Waals surface area contributed by atoms with Crippen LogP contribution in [0.1, 0.15) is 36.8 Å². The van der Waals surface area contributed by atoms with Crippen molar-refractivity contribution in [2.45, 2.75) is 46.0 Å². The van der Waals surface area contributed by atoms with Crippen molar-refractivity contribution in [2.75, 3.05) is 20.1 Å². The molecule has 3 nitrogen and oxygen atoms in total. The zero-order valence-electron chi connectivity index (χ0n) is 12.3. The van der Waals surface area contributed by atoms with Gasteiger partial charge in [-0.3, -0.25) is 4.90 Å². The number of alkyl halides is 3. The number of hydrogen-bond acceptors (Lipinski definition) is 3. The van der Waals surface area contributed by atoms with Crippen molar-refractivity contribution in [3.05, 3.63) is 23.2 Å². The summed E-state index contributed by atoms with van der Waals surface area (Å²) in [5, 5.41) is 3.25. The minimum absolute atomic E-state index is 0.0212. The summed E-state index contributed by atoms with van der Waals surface area (Å²) in [6.07, 6.45) is -3.86. The van der Waals surface area contributed by atoms with Gasteiger partial charge in [0, 0.05) is 6.54 Å². The number of halogens is 3. The molecule has 0 aliphatic heterocycles. The Kier molecular flexibility index (Phi) is 6.55. The summed E-state index contributed by atoms with van der Waals surface area (Å²) in [4.78, 5) is 1.62. The summed E-state index contributed by atoms with van der Waals surface area (Å²) in [6, 6.07) is 1.90. The van der Waals surface area contributed by atoms with E-state index in [1.807, 2.05) is 13.0 Å². The third kappa shape index (κ3) is 6.43. The fraction of sp³-hybridized carbons (Fsp3) is 0.714. The summed E-state index contributed by atoms with van der Waals surface area (Å²) < 4.78 is 42.1. The monoisotopic (exact) mass is 292 g/mol. The van der Waals surface area contributed by atoms with Crippen LogP contribution in [-0.2, 0) is 13.1 Å². The predicted molar refractivity (Wildman–Crippen MR) is 72.4 cm³/mol. The molecular weight excluding hydrogens is 269 g/mol. The Bertz CT molecular complexity index is 402. The van der Waals surface area contributed by atoms with E-state index in [9.17, 15) is 13.2 Å². The Morgan fingerprint density at radius 3 is 2.65 bits per heavy atom. The van der Waals surface area contributed by atoms with E-state index in [4.69, 9.17) is 4.42 Å². The Hall–Kier alpha value is -1.01. The molecule has 1 aromatic heterocycles. The van der Waals surface area contributed by atoms with Gasteiger partial charge in [0.25, 0.3) is 0 Å².